The van der Waals surface area contributed by atoms with Gasteiger partial charge in [0.15, 0.2) is 0 Å². The smallest absolute Gasteiger partial charge is 0.253 e. The molecule has 0 atom stereocenters. The fourth-order valence-electron chi connectivity index (χ4n) is 0.954. The Kier molecular flexibility index (Phi) is 10.9. The third-order valence-corrected chi connectivity index (χ3v) is 1.70. The first-order valence-corrected chi connectivity index (χ1v) is 5.89. The molecule has 0 heterocycles. The Morgan fingerprint density at radius 1 is 0.938 bits per heavy atom. The molecular weight excluding hydrogens is 198 g/mol. The summed E-state index contributed by atoms with van der Waals surface area (Å²) in [6, 6.07) is 7.57. The highest BCUT2D eigenvalue weighted by atomic mass is 16.2. The maximum Gasteiger partial charge on any atom is 0.253 e. The molecule has 1 rings (SSSR count). The highest BCUT2D eigenvalue weighted by molar-refractivity contribution is 5.93. The summed E-state index contributed by atoms with van der Waals surface area (Å²) < 4.78 is 0. The van der Waals surface area contributed by atoms with Crippen LogP contribution in [0.3, 0.4) is 0 Å². The lowest BCUT2D eigenvalue weighted by Crippen LogP contribution is -2.21. The van der Waals surface area contributed by atoms with Crippen molar-refractivity contribution >= 4 is 5.91 Å². The first kappa shape index (κ1) is 17.1. The predicted octanol–water partition coefficient (Wildman–Crippen LogP) is 3.75. The molecule has 0 aliphatic rings. The van der Waals surface area contributed by atoms with E-state index in [1.807, 2.05) is 58.9 Å². The average Bonchev–Trinajstić information content (AvgIpc) is 2.34. The summed E-state index contributed by atoms with van der Waals surface area (Å²) in [5.41, 5.74) is 1.91. The molecule has 2 nitrogen and oxygen atoms in total. The molecule has 0 N–H and O–H groups in total. The summed E-state index contributed by atoms with van der Waals surface area (Å²) >= 11 is 0. The van der Waals surface area contributed by atoms with E-state index in [1.54, 1.807) is 19.0 Å². The van der Waals surface area contributed by atoms with Crippen molar-refractivity contribution < 1.29 is 4.79 Å². The molecule has 92 valence electrons. The topological polar surface area (TPSA) is 20.3 Å². The number of hydrogen-bond acceptors (Lipinski definition) is 1. The molecule has 1 amide bonds. The van der Waals surface area contributed by atoms with E-state index in [9.17, 15) is 4.79 Å². The molecule has 0 radical (unpaired) electrons. The standard InChI is InChI=1S/C10H13NO.2C2H6/c1-8-4-6-9(7-5-8)10(12)11(2)3;2*1-2/h4-7H,1-3H3;2*1-2H3. The van der Waals surface area contributed by atoms with Crippen molar-refractivity contribution in [2.24, 2.45) is 0 Å². The summed E-state index contributed by atoms with van der Waals surface area (Å²) in [6.07, 6.45) is 0. The number of benzene rings is 1. The molecule has 2 heteroatoms. The van der Waals surface area contributed by atoms with Gasteiger partial charge in [0, 0.05) is 19.7 Å². The zero-order valence-corrected chi connectivity index (χ0v) is 11.7. The Hall–Kier alpha value is -1.31. The molecule has 0 aliphatic heterocycles. The van der Waals surface area contributed by atoms with Crippen LogP contribution in [0.15, 0.2) is 24.3 Å². The maximum absolute atomic E-state index is 11.4. The van der Waals surface area contributed by atoms with Gasteiger partial charge in [0.1, 0.15) is 0 Å². The molecule has 16 heavy (non-hydrogen) atoms. The van der Waals surface area contributed by atoms with Gasteiger partial charge < -0.3 is 4.90 Å². The van der Waals surface area contributed by atoms with Gasteiger partial charge in [0.2, 0.25) is 0 Å². The van der Waals surface area contributed by atoms with E-state index < -0.39 is 0 Å². The monoisotopic (exact) mass is 223 g/mol. The number of carbonyl (C=O) groups is 1. The van der Waals surface area contributed by atoms with Crippen LogP contribution in [0.25, 0.3) is 0 Å². The second kappa shape index (κ2) is 10.2. The van der Waals surface area contributed by atoms with Crippen molar-refractivity contribution in [3.8, 4) is 0 Å². The van der Waals surface area contributed by atoms with E-state index in [0.717, 1.165) is 5.56 Å². The van der Waals surface area contributed by atoms with Crippen molar-refractivity contribution in [2.45, 2.75) is 34.6 Å². The van der Waals surface area contributed by atoms with Crippen LogP contribution >= 0.6 is 0 Å². The van der Waals surface area contributed by atoms with E-state index in [2.05, 4.69) is 0 Å². The van der Waals surface area contributed by atoms with Crippen molar-refractivity contribution in [2.75, 3.05) is 14.1 Å². The zero-order chi connectivity index (χ0) is 13.1. The Bertz CT molecular complexity index is 275. The molecule has 0 spiro atoms. The normalized spacial score (nSPS) is 7.94. The van der Waals surface area contributed by atoms with Gasteiger partial charge in [-0.25, -0.2) is 0 Å². The van der Waals surface area contributed by atoms with Crippen LogP contribution in [0.4, 0.5) is 0 Å². The fraction of sp³-hybridized carbons (Fsp3) is 0.500. The first-order chi connectivity index (χ1) is 7.61. The van der Waals surface area contributed by atoms with Crippen molar-refractivity contribution in [1.29, 1.82) is 0 Å². The molecule has 1 aromatic rings. The largest absolute Gasteiger partial charge is 0.345 e. The Labute approximate surface area is 100 Å². The predicted molar refractivity (Wildman–Crippen MR) is 71.9 cm³/mol. The van der Waals surface area contributed by atoms with Crippen LogP contribution in [-0.2, 0) is 0 Å². The summed E-state index contributed by atoms with van der Waals surface area (Å²) in [4.78, 5) is 13.0. The van der Waals surface area contributed by atoms with Gasteiger partial charge in [-0.3, -0.25) is 4.79 Å². The lowest BCUT2D eigenvalue weighted by atomic mass is 10.1. The summed E-state index contributed by atoms with van der Waals surface area (Å²) in [6.45, 7) is 10.0. The number of nitrogens with zero attached hydrogens (tertiary/aromatic N) is 1. The van der Waals surface area contributed by atoms with E-state index >= 15 is 0 Å². The fourth-order valence-corrected chi connectivity index (χ4v) is 0.954. The lowest BCUT2D eigenvalue weighted by molar-refractivity contribution is 0.0827. The van der Waals surface area contributed by atoms with Crippen LogP contribution < -0.4 is 0 Å². The van der Waals surface area contributed by atoms with Crippen LogP contribution in [-0.4, -0.2) is 24.9 Å². The molecule has 0 saturated carbocycles. The van der Waals surface area contributed by atoms with Crippen LogP contribution in [0, 0.1) is 6.92 Å². The van der Waals surface area contributed by atoms with Crippen molar-refractivity contribution in [1.82, 2.24) is 4.90 Å². The minimum atomic E-state index is 0.0509. The summed E-state index contributed by atoms with van der Waals surface area (Å²) in [5.74, 6) is 0.0509. The molecule has 0 unspecified atom stereocenters. The van der Waals surface area contributed by atoms with E-state index in [4.69, 9.17) is 0 Å². The maximum atomic E-state index is 11.4. The molecular formula is C14H25NO. The van der Waals surface area contributed by atoms with Crippen LogP contribution in [0.2, 0.25) is 0 Å². The van der Waals surface area contributed by atoms with Gasteiger partial charge >= 0.3 is 0 Å². The number of carbonyl (C=O) groups excluding carboxylic acids is 1. The highest BCUT2D eigenvalue weighted by Crippen LogP contribution is 2.04. The Balaban J connectivity index is 0. The summed E-state index contributed by atoms with van der Waals surface area (Å²) in [7, 11) is 3.50. The van der Waals surface area contributed by atoms with Gasteiger partial charge in [0.05, 0.1) is 0 Å². The number of hydrogen-bond donors (Lipinski definition) is 0. The molecule has 0 saturated heterocycles. The first-order valence-electron chi connectivity index (χ1n) is 5.89. The van der Waals surface area contributed by atoms with Gasteiger partial charge in [-0.05, 0) is 19.1 Å². The second-order valence-electron chi connectivity index (χ2n) is 3.07. The van der Waals surface area contributed by atoms with Crippen LogP contribution in [0.5, 0.6) is 0 Å². The second-order valence-corrected chi connectivity index (χ2v) is 3.07. The van der Waals surface area contributed by atoms with Crippen molar-refractivity contribution in [3.05, 3.63) is 35.4 Å². The molecule has 1 aromatic carbocycles. The third-order valence-electron chi connectivity index (χ3n) is 1.70. The quantitative estimate of drug-likeness (QED) is 0.710. The number of amides is 1. The average molecular weight is 223 g/mol. The molecule has 0 aromatic heterocycles. The van der Waals surface area contributed by atoms with E-state index in [0.29, 0.717) is 0 Å². The zero-order valence-electron chi connectivity index (χ0n) is 11.7. The number of aryl methyl sites for hydroxylation is 1. The van der Waals surface area contributed by atoms with E-state index in [-0.39, 0.29) is 5.91 Å². The Morgan fingerprint density at radius 3 is 1.62 bits per heavy atom. The molecule has 0 aliphatic carbocycles. The van der Waals surface area contributed by atoms with Gasteiger partial charge in [-0.1, -0.05) is 45.4 Å². The molecule has 0 bridgehead atoms. The SMILES string of the molecule is CC.CC.Cc1ccc(C(=O)N(C)C)cc1. The highest BCUT2D eigenvalue weighted by Gasteiger charge is 2.05. The number of rotatable bonds is 1. The van der Waals surface area contributed by atoms with Crippen molar-refractivity contribution in [3.63, 3.8) is 0 Å². The lowest BCUT2D eigenvalue weighted by Gasteiger charge is -2.09. The minimum absolute atomic E-state index is 0.0509. The van der Waals surface area contributed by atoms with Gasteiger partial charge in [-0.2, -0.15) is 0 Å². The van der Waals surface area contributed by atoms with E-state index in [1.165, 1.54) is 5.56 Å². The van der Waals surface area contributed by atoms with Gasteiger partial charge in [0.25, 0.3) is 5.91 Å². The summed E-state index contributed by atoms with van der Waals surface area (Å²) in [5, 5.41) is 0. The minimum Gasteiger partial charge on any atom is -0.345 e. The Morgan fingerprint density at radius 2 is 1.31 bits per heavy atom. The third kappa shape index (κ3) is 6.23. The van der Waals surface area contributed by atoms with Gasteiger partial charge in [-0.15, -0.1) is 0 Å². The molecule has 0 fully saturated rings. The van der Waals surface area contributed by atoms with Crippen LogP contribution in [0.1, 0.15) is 43.6 Å².